The van der Waals surface area contributed by atoms with Crippen LogP contribution < -0.4 is 0 Å². The molecule has 2 atom stereocenters. The molecule has 2 heterocycles. The first-order valence-corrected chi connectivity index (χ1v) is 12.0. The van der Waals surface area contributed by atoms with Gasteiger partial charge in [-0.15, -0.1) is 11.3 Å². The van der Waals surface area contributed by atoms with Crippen LogP contribution in [0.1, 0.15) is 76.0 Å². The number of hydrogen-bond acceptors (Lipinski definition) is 5. The second-order valence-corrected chi connectivity index (χ2v) is 11.0. The first-order chi connectivity index (χ1) is 15.1. The number of alkyl halides is 1. The van der Waals surface area contributed by atoms with Crippen molar-refractivity contribution in [1.29, 1.82) is 0 Å². The minimum Gasteiger partial charge on any atom is -0.464 e. The maximum atomic E-state index is 13.6. The van der Waals surface area contributed by atoms with Crippen LogP contribution in [0.25, 0.3) is 16.0 Å². The summed E-state index contributed by atoms with van der Waals surface area (Å²) in [5, 5.41) is 0. The van der Waals surface area contributed by atoms with Crippen molar-refractivity contribution in [2.24, 2.45) is 5.41 Å². The summed E-state index contributed by atoms with van der Waals surface area (Å²) in [5.41, 5.74) is 3.23. The number of hydrogen-bond donors (Lipinski definition) is 0. The number of allylic oxidation sites excluding steroid dienone is 2. The van der Waals surface area contributed by atoms with E-state index in [1.807, 2.05) is 46.8 Å². The first-order valence-electron chi connectivity index (χ1n) is 11.2. The zero-order valence-electron chi connectivity index (χ0n) is 20.0. The maximum absolute atomic E-state index is 13.6. The average molecular weight is 460 g/mol. The Balaban J connectivity index is 2.21. The lowest BCUT2D eigenvalue weighted by atomic mass is 9.75. The van der Waals surface area contributed by atoms with Crippen molar-refractivity contribution in [3.8, 4) is 10.4 Å². The van der Waals surface area contributed by atoms with Gasteiger partial charge in [-0.3, -0.25) is 9.37 Å². The van der Waals surface area contributed by atoms with Gasteiger partial charge in [-0.25, -0.2) is 4.79 Å². The van der Waals surface area contributed by atoms with Crippen molar-refractivity contribution >= 4 is 22.9 Å². The van der Waals surface area contributed by atoms with Crippen molar-refractivity contribution in [2.75, 3.05) is 13.3 Å². The van der Waals surface area contributed by atoms with Gasteiger partial charge in [-0.2, -0.15) is 0 Å². The third kappa shape index (κ3) is 5.46. The Kier molecular flexibility index (Phi) is 7.56. The second kappa shape index (κ2) is 9.84. The number of rotatable bonds is 7. The van der Waals surface area contributed by atoms with Crippen LogP contribution in [0, 0.1) is 12.3 Å². The Morgan fingerprint density at radius 2 is 2.00 bits per heavy atom. The molecule has 3 rings (SSSR count). The van der Waals surface area contributed by atoms with E-state index < -0.39 is 11.7 Å². The number of carbonyl (C=O) groups excluding carboxylic acids is 1. The molecule has 0 saturated carbocycles. The Bertz CT molecular complexity index is 977. The van der Waals surface area contributed by atoms with E-state index in [-0.39, 0.29) is 24.7 Å². The molecule has 1 aliphatic rings. The van der Waals surface area contributed by atoms with Crippen LogP contribution in [0.15, 0.2) is 30.6 Å². The van der Waals surface area contributed by atoms with Gasteiger partial charge >= 0.3 is 5.97 Å². The smallest absolute Gasteiger partial charge is 0.340 e. The van der Waals surface area contributed by atoms with Gasteiger partial charge in [0.15, 0.2) is 6.10 Å². The molecule has 0 aromatic carbocycles. The fourth-order valence-electron chi connectivity index (χ4n) is 4.05. The highest BCUT2D eigenvalue weighted by molar-refractivity contribution is 7.16. The van der Waals surface area contributed by atoms with Gasteiger partial charge in [0, 0.05) is 33.3 Å². The summed E-state index contributed by atoms with van der Waals surface area (Å²) in [6.07, 6.45) is 7.07. The molecule has 6 heteroatoms. The third-order valence-corrected chi connectivity index (χ3v) is 6.96. The molecule has 0 N–H and O–H groups in total. The Hall–Kier alpha value is -2.05. The van der Waals surface area contributed by atoms with Crippen molar-refractivity contribution < 1.29 is 18.7 Å². The number of pyridine rings is 1. The van der Waals surface area contributed by atoms with Crippen LogP contribution in [0.3, 0.4) is 0 Å². The molecule has 0 fully saturated rings. The summed E-state index contributed by atoms with van der Waals surface area (Å²) in [5.74, 6) is -0.379. The van der Waals surface area contributed by atoms with Gasteiger partial charge in [0.2, 0.25) is 0 Å². The van der Waals surface area contributed by atoms with Gasteiger partial charge in [-0.1, -0.05) is 13.0 Å². The molecule has 1 aliphatic carbocycles. The van der Waals surface area contributed by atoms with Crippen molar-refractivity contribution in [3.05, 3.63) is 46.6 Å². The topological polar surface area (TPSA) is 48.4 Å². The largest absolute Gasteiger partial charge is 0.464 e. The molecule has 2 aromatic heterocycles. The second-order valence-electron chi connectivity index (χ2n) is 9.75. The van der Waals surface area contributed by atoms with Gasteiger partial charge in [0.25, 0.3) is 0 Å². The fraction of sp³-hybridized carbons (Fsp3) is 0.538. The van der Waals surface area contributed by atoms with E-state index >= 15 is 0 Å². The van der Waals surface area contributed by atoms with E-state index in [1.54, 1.807) is 30.7 Å². The molecule has 32 heavy (non-hydrogen) atoms. The number of carbonyl (C=O) groups is 1. The number of aryl methyl sites for hydroxylation is 1. The van der Waals surface area contributed by atoms with Crippen molar-refractivity contribution in [1.82, 2.24) is 4.98 Å². The summed E-state index contributed by atoms with van der Waals surface area (Å²) in [4.78, 5) is 19.3. The highest BCUT2D eigenvalue weighted by atomic mass is 32.1. The fourth-order valence-corrected chi connectivity index (χ4v) is 5.28. The molecule has 0 spiro atoms. The minimum absolute atomic E-state index is 0.288. The lowest BCUT2D eigenvalue weighted by Gasteiger charge is -2.32. The van der Waals surface area contributed by atoms with E-state index in [9.17, 15) is 9.18 Å². The molecule has 0 radical (unpaired) electrons. The molecule has 2 unspecified atom stereocenters. The summed E-state index contributed by atoms with van der Waals surface area (Å²) in [6, 6.07) is 3.97. The maximum Gasteiger partial charge on any atom is 0.340 e. The molecule has 174 valence electrons. The zero-order valence-corrected chi connectivity index (χ0v) is 20.8. The number of aromatic nitrogens is 1. The molecule has 0 saturated heterocycles. The monoisotopic (exact) mass is 459 g/mol. The number of halogens is 1. The van der Waals surface area contributed by atoms with Crippen molar-refractivity contribution in [3.63, 3.8) is 0 Å². The molecule has 0 bridgehead atoms. The molecule has 4 nitrogen and oxygen atoms in total. The molecular weight excluding hydrogens is 425 g/mol. The summed E-state index contributed by atoms with van der Waals surface area (Å²) in [6.45, 7) is 11.6. The SMILES string of the molecule is CCOC(=O)C(OC(C)(C)C)c1c(C)sc(-c2ccncc2)c1C1=CCC(C)(CF)CC1. The molecular formula is C26H34FNO3S. The minimum atomic E-state index is -0.827. The summed E-state index contributed by atoms with van der Waals surface area (Å²) >= 11 is 1.65. The van der Waals surface area contributed by atoms with E-state index in [0.29, 0.717) is 6.42 Å². The Morgan fingerprint density at radius 1 is 1.31 bits per heavy atom. The summed E-state index contributed by atoms with van der Waals surface area (Å²) in [7, 11) is 0. The predicted octanol–water partition coefficient (Wildman–Crippen LogP) is 7.08. The summed E-state index contributed by atoms with van der Waals surface area (Å²) < 4.78 is 25.3. The zero-order chi connectivity index (χ0) is 23.5. The number of esters is 1. The molecule has 2 aromatic rings. The number of nitrogens with zero attached hydrogens (tertiary/aromatic N) is 1. The van der Waals surface area contributed by atoms with E-state index in [0.717, 1.165) is 44.9 Å². The first kappa shape index (κ1) is 24.6. The Labute approximate surface area is 194 Å². The van der Waals surface area contributed by atoms with E-state index in [4.69, 9.17) is 9.47 Å². The highest BCUT2D eigenvalue weighted by Crippen LogP contribution is 2.49. The normalized spacial score (nSPS) is 20.0. The van der Waals surface area contributed by atoms with Gasteiger partial charge < -0.3 is 9.47 Å². The third-order valence-electron chi connectivity index (χ3n) is 5.79. The molecule has 0 aliphatic heterocycles. The van der Waals surface area contributed by atoms with Crippen molar-refractivity contribution in [2.45, 2.75) is 72.5 Å². The van der Waals surface area contributed by atoms with Crippen LogP contribution in [-0.4, -0.2) is 29.8 Å². The lowest BCUT2D eigenvalue weighted by molar-refractivity contribution is -0.166. The van der Waals surface area contributed by atoms with Crippen LogP contribution in [0.5, 0.6) is 0 Å². The van der Waals surface area contributed by atoms with Crippen LogP contribution in [0.2, 0.25) is 0 Å². The number of thiophene rings is 1. The van der Waals surface area contributed by atoms with Crippen LogP contribution >= 0.6 is 11.3 Å². The van der Waals surface area contributed by atoms with Gasteiger partial charge in [0.1, 0.15) is 0 Å². The molecule has 0 amide bonds. The van der Waals surface area contributed by atoms with E-state index in [1.165, 1.54) is 0 Å². The lowest BCUT2D eigenvalue weighted by Crippen LogP contribution is -2.29. The standard InChI is InChI=1S/C26H34FNO3S/c1-7-30-24(29)22(31-25(3,4)5)20-17(2)32-23(19-10-14-28-15-11-19)21(20)18-8-12-26(6,16-27)13-9-18/h8,10-11,14-15,22H,7,9,12-13,16H2,1-6H3. The average Bonchev–Trinajstić information content (AvgIpc) is 3.09. The highest BCUT2D eigenvalue weighted by Gasteiger charge is 2.36. The predicted molar refractivity (Wildman–Crippen MR) is 128 cm³/mol. The Morgan fingerprint density at radius 3 is 2.53 bits per heavy atom. The van der Waals surface area contributed by atoms with E-state index in [2.05, 4.69) is 11.1 Å². The van der Waals surface area contributed by atoms with Crippen LogP contribution in [-0.2, 0) is 14.3 Å². The number of ether oxygens (including phenoxy) is 2. The van der Waals surface area contributed by atoms with Gasteiger partial charge in [-0.05, 0) is 82.6 Å². The quantitative estimate of drug-likeness (QED) is 0.415. The van der Waals surface area contributed by atoms with Crippen LogP contribution in [0.4, 0.5) is 4.39 Å². The van der Waals surface area contributed by atoms with Gasteiger partial charge in [0.05, 0.1) is 18.9 Å².